The molecule has 0 bridgehead atoms. The molecule has 0 aliphatic heterocycles. The summed E-state index contributed by atoms with van der Waals surface area (Å²) in [4.78, 5) is 28.8. The minimum atomic E-state index is -4.65. The van der Waals surface area contributed by atoms with Crippen LogP contribution < -0.4 is 9.62 Å². The lowest BCUT2D eigenvalue weighted by Crippen LogP contribution is -2.51. The highest BCUT2D eigenvalue weighted by molar-refractivity contribution is 9.10. The van der Waals surface area contributed by atoms with E-state index in [0.717, 1.165) is 44.4 Å². The molecule has 12 heteroatoms. The molecule has 0 radical (unpaired) electrons. The molecule has 0 saturated heterocycles. The molecule has 2 amide bonds. The van der Waals surface area contributed by atoms with Crippen molar-refractivity contribution in [1.29, 1.82) is 0 Å². The summed E-state index contributed by atoms with van der Waals surface area (Å²) in [5.74, 6) is -0.716. The first kappa shape index (κ1) is 34.1. The van der Waals surface area contributed by atoms with Crippen LogP contribution in [0.25, 0.3) is 0 Å². The largest absolute Gasteiger partial charge is 0.416 e. The van der Waals surface area contributed by atoms with Gasteiger partial charge < -0.3 is 10.2 Å². The monoisotopic (exact) mass is 681 g/mol. The number of amides is 2. The van der Waals surface area contributed by atoms with Gasteiger partial charge in [-0.1, -0.05) is 64.5 Å². The second kappa shape index (κ2) is 14.9. The normalized spacial score (nSPS) is 12.6. The molecule has 0 saturated carbocycles. The molecule has 0 aliphatic carbocycles. The van der Waals surface area contributed by atoms with E-state index in [0.29, 0.717) is 0 Å². The van der Waals surface area contributed by atoms with Crippen LogP contribution in [-0.4, -0.2) is 50.0 Å². The molecule has 3 aromatic rings. The lowest BCUT2D eigenvalue weighted by molar-refractivity contribution is -0.141. The second-order valence-electron chi connectivity index (χ2n) is 10.5. The van der Waals surface area contributed by atoms with Gasteiger partial charge in [0.25, 0.3) is 0 Å². The number of hydrogen-bond acceptors (Lipinski definition) is 4. The first-order valence-electron chi connectivity index (χ1n) is 13.7. The van der Waals surface area contributed by atoms with Crippen molar-refractivity contribution >= 4 is 43.5 Å². The third-order valence-electron chi connectivity index (χ3n) is 6.58. The smallest absolute Gasteiger partial charge is 0.352 e. The van der Waals surface area contributed by atoms with Crippen LogP contribution in [0, 0.1) is 0 Å². The van der Waals surface area contributed by atoms with Gasteiger partial charge in [-0.2, -0.15) is 13.2 Å². The average Bonchev–Trinajstić information content (AvgIpc) is 2.93. The summed E-state index contributed by atoms with van der Waals surface area (Å²) in [5.41, 5.74) is 0.520. The van der Waals surface area contributed by atoms with Crippen molar-refractivity contribution in [3.63, 3.8) is 0 Å². The average molecular weight is 683 g/mol. The van der Waals surface area contributed by atoms with Gasteiger partial charge in [-0.15, -0.1) is 0 Å². The number of benzene rings is 3. The lowest BCUT2D eigenvalue weighted by Gasteiger charge is -2.32. The molecule has 3 aromatic carbocycles. The standard InChI is InChI=1S/C31H35BrF3N3O4S/c1-22(2)36-30(40)28(19-23-9-5-4-6-10-23)37(21-24-14-16-26(32)17-15-24)29(39)13-8-18-38(43(3,41)42)27-12-7-11-25(20-27)31(33,34)35/h4-7,9-12,14-17,20,22,28H,8,13,18-19,21H2,1-3H3,(H,36,40)/t28-/m1/s1. The summed E-state index contributed by atoms with van der Waals surface area (Å²) >= 11 is 3.40. The SMILES string of the molecule is CC(C)NC(=O)[C@@H](Cc1ccccc1)N(Cc1ccc(Br)cc1)C(=O)CCCN(c1cccc(C(F)(F)F)c1)S(C)(=O)=O. The summed E-state index contributed by atoms with van der Waals surface area (Å²) in [6, 6.07) is 19.7. The Kier molecular flexibility index (Phi) is 11.8. The van der Waals surface area contributed by atoms with Crippen LogP contribution in [-0.2, 0) is 38.8 Å². The highest BCUT2D eigenvalue weighted by atomic mass is 79.9. The number of nitrogens with zero attached hydrogens (tertiary/aromatic N) is 2. The number of rotatable bonds is 13. The zero-order chi connectivity index (χ0) is 31.8. The Morgan fingerprint density at radius 1 is 0.930 bits per heavy atom. The quantitative estimate of drug-likeness (QED) is 0.234. The number of hydrogen-bond donors (Lipinski definition) is 1. The third-order valence-corrected chi connectivity index (χ3v) is 8.30. The second-order valence-corrected chi connectivity index (χ2v) is 13.3. The number of carbonyl (C=O) groups is 2. The molecule has 0 heterocycles. The van der Waals surface area contributed by atoms with E-state index >= 15 is 0 Å². The molecule has 3 rings (SSSR count). The maximum absolute atomic E-state index is 13.8. The van der Waals surface area contributed by atoms with Crippen molar-refractivity contribution in [3.8, 4) is 0 Å². The fourth-order valence-corrected chi connectivity index (χ4v) is 5.78. The molecule has 0 aliphatic rings. The Morgan fingerprint density at radius 2 is 1.58 bits per heavy atom. The van der Waals surface area contributed by atoms with Gasteiger partial charge in [0.05, 0.1) is 17.5 Å². The maximum Gasteiger partial charge on any atom is 0.416 e. The minimum absolute atomic E-state index is 0.0167. The third kappa shape index (κ3) is 10.4. The summed E-state index contributed by atoms with van der Waals surface area (Å²) in [7, 11) is -3.96. The zero-order valence-electron chi connectivity index (χ0n) is 24.1. The van der Waals surface area contributed by atoms with Gasteiger partial charge in [0, 0.05) is 36.4 Å². The van der Waals surface area contributed by atoms with Crippen LogP contribution in [0.1, 0.15) is 43.4 Å². The summed E-state index contributed by atoms with van der Waals surface area (Å²) in [5, 5.41) is 2.91. The molecule has 7 nitrogen and oxygen atoms in total. The van der Waals surface area contributed by atoms with E-state index in [4.69, 9.17) is 0 Å². The number of sulfonamides is 1. The maximum atomic E-state index is 13.8. The molecule has 232 valence electrons. The molecule has 0 unspecified atom stereocenters. The molecule has 1 atom stereocenters. The van der Waals surface area contributed by atoms with Crippen molar-refractivity contribution in [2.75, 3.05) is 17.1 Å². The Bertz CT molecular complexity index is 1480. The number of anilines is 1. The Balaban J connectivity index is 1.89. The van der Waals surface area contributed by atoms with Gasteiger partial charge in [-0.3, -0.25) is 13.9 Å². The van der Waals surface area contributed by atoms with Crippen molar-refractivity contribution in [3.05, 3.63) is 100 Å². The topological polar surface area (TPSA) is 86.8 Å². The van der Waals surface area contributed by atoms with Crippen molar-refractivity contribution in [2.24, 2.45) is 0 Å². The van der Waals surface area contributed by atoms with Crippen molar-refractivity contribution < 1.29 is 31.2 Å². The highest BCUT2D eigenvalue weighted by Gasteiger charge is 2.33. The zero-order valence-corrected chi connectivity index (χ0v) is 26.5. The summed E-state index contributed by atoms with van der Waals surface area (Å²) in [6.45, 7) is 3.55. The number of carbonyl (C=O) groups excluding carboxylic acids is 2. The molecular weight excluding hydrogens is 647 g/mol. The molecule has 0 fully saturated rings. The van der Waals surface area contributed by atoms with Crippen LogP contribution in [0.4, 0.5) is 18.9 Å². The Labute approximate surface area is 259 Å². The summed E-state index contributed by atoms with van der Waals surface area (Å²) < 4.78 is 66.7. The first-order chi connectivity index (χ1) is 20.1. The van der Waals surface area contributed by atoms with Crippen molar-refractivity contribution in [1.82, 2.24) is 10.2 Å². The lowest BCUT2D eigenvalue weighted by atomic mass is 10.0. The highest BCUT2D eigenvalue weighted by Crippen LogP contribution is 2.32. The van der Waals surface area contributed by atoms with Crippen LogP contribution in [0.2, 0.25) is 0 Å². The molecule has 0 aromatic heterocycles. The molecule has 43 heavy (non-hydrogen) atoms. The predicted octanol–water partition coefficient (Wildman–Crippen LogP) is 6.18. The van der Waals surface area contributed by atoms with Crippen molar-refractivity contribution in [2.45, 2.75) is 57.9 Å². The van der Waals surface area contributed by atoms with Gasteiger partial charge in [0.1, 0.15) is 6.04 Å². The number of nitrogens with one attached hydrogen (secondary N) is 1. The van der Waals surface area contributed by atoms with E-state index in [-0.39, 0.29) is 55.9 Å². The summed E-state index contributed by atoms with van der Waals surface area (Å²) in [6.07, 6.45) is -3.61. The van der Waals surface area contributed by atoms with E-state index in [1.165, 1.54) is 11.0 Å². The fourth-order valence-electron chi connectivity index (χ4n) is 4.56. The van der Waals surface area contributed by atoms with E-state index < -0.39 is 27.8 Å². The molecule has 0 spiro atoms. The Morgan fingerprint density at radius 3 is 2.16 bits per heavy atom. The molecule has 1 N–H and O–H groups in total. The number of alkyl halides is 3. The molecular formula is C31H35BrF3N3O4S. The minimum Gasteiger partial charge on any atom is -0.352 e. The number of halogens is 4. The van der Waals surface area contributed by atoms with Crippen LogP contribution in [0.3, 0.4) is 0 Å². The van der Waals surface area contributed by atoms with Crippen LogP contribution in [0.15, 0.2) is 83.3 Å². The van der Waals surface area contributed by atoms with Gasteiger partial charge in [-0.05, 0) is 61.7 Å². The van der Waals surface area contributed by atoms with Gasteiger partial charge in [0.15, 0.2) is 0 Å². The predicted molar refractivity (Wildman–Crippen MR) is 165 cm³/mol. The van der Waals surface area contributed by atoms with Crippen LogP contribution in [0.5, 0.6) is 0 Å². The van der Waals surface area contributed by atoms with E-state index in [1.807, 2.05) is 68.4 Å². The van der Waals surface area contributed by atoms with E-state index in [9.17, 15) is 31.2 Å². The van der Waals surface area contributed by atoms with E-state index in [2.05, 4.69) is 21.2 Å². The fraction of sp³-hybridized carbons (Fsp3) is 0.355. The van der Waals surface area contributed by atoms with Gasteiger partial charge >= 0.3 is 6.18 Å². The Hall–Kier alpha value is -3.38. The van der Waals surface area contributed by atoms with Gasteiger partial charge in [-0.25, -0.2) is 8.42 Å². The van der Waals surface area contributed by atoms with Gasteiger partial charge in [0.2, 0.25) is 21.8 Å². The van der Waals surface area contributed by atoms with Crippen LogP contribution >= 0.6 is 15.9 Å². The first-order valence-corrected chi connectivity index (χ1v) is 16.3. The van der Waals surface area contributed by atoms with E-state index in [1.54, 1.807) is 0 Å².